The van der Waals surface area contributed by atoms with Gasteiger partial charge < -0.3 is 10.2 Å². The molecule has 60 valence electrons. The summed E-state index contributed by atoms with van der Waals surface area (Å²) < 4.78 is 0. The maximum Gasteiger partial charge on any atom is 0.00393 e. The topological polar surface area (TPSA) is 15.3 Å². The quantitative estimate of drug-likeness (QED) is 0.619. The van der Waals surface area contributed by atoms with Gasteiger partial charge in [-0.1, -0.05) is 0 Å². The molecule has 2 nitrogen and oxygen atoms in total. The maximum atomic E-state index is 3.26. The van der Waals surface area contributed by atoms with E-state index in [0.29, 0.717) is 6.04 Å². The summed E-state index contributed by atoms with van der Waals surface area (Å²) in [5.41, 5.74) is 0. The largest absolute Gasteiger partial charge is 0.317 e. The third kappa shape index (κ3) is 1.96. The molecule has 10 heavy (non-hydrogen) atoms. The highest BCUT2D eigenvalue weighted by Crippen LogP contribution is 2.17. The third-order valence-electron chi connectivity index (χ3n) is 2.32. The highest BCUT2D eigenvalue weighted by molar-refractivity contribution is 4.79. The van der Waals surface area contributed by atoms with Crippen molar-refractivity contribution in [1.29, 1.82) is 0 Å². The number of nitrogens with one attached hydrogen (secondary N) is 1. The zero-order valence-corrected chi connectivity index (χ0v) is 7.22. The fraction of sp³-hybridized carbons (Fsp3) is 1.00. The first-order valence-corrected chi connectivity index (χ1v) is 4.08. The van der Waals surface area contributed by atoms with Gasteiger partial charge in [-0.15, -0.1) is 0 Å². The molecule has 0 radical (unpaired) electrons. The zero-order valence-electron chi connectivity index (χ0n) is 7.22. The summed E-state index contributed by atoms with van der Waals surface area (Å²) in [5, 5.41) is 3.26. The van der Waals surface area contributed by atoms with E-state index in [2.05, 4.69) is 24.2 Å². The van der Waals surface area contributed by atoms with Crippen LogP contribution in [-0.2, 0) is 0 Å². The Morgan fingerprint density at radius 3 is 2.60 bits per heavy atom. The summed E-state index contributed by atoms with van der Waals surface area (Å²) in [6, 6.07) is 0.693. The molecule has 1 fully saturated rings. The van der Waals surface area contributed by atoms with Crippen LogP contribution in [0.4, 0.5) is 0 Å². The Labute approximate surface area is 63.6 Å². The lowest BCUT2D eigenvalue weighted by molar-refractivity contribution is 0.119. The Bertz CT molecular complexity index is 97.4. The summed E-state index contributed by atoms with van der Waals surface area (Å²) >= 11 is 0. The van der Waals surface area contributed by atoms with Gasteiger partial charge >= 0.3 is 0 Å². The molecule has 0 bridgehead atoms. The molecule has 0 amide bonds. The normalized spacial score (nSPS) is 24.3. The smallest absolute Gasteiger partial charge is 0.00393 e. The van der Waals surface area contributed by atoms with Crippen LogP contribution in [0.1, 0.15) is 13.3 Å². The molecule has 0 spiro atoms. The van der Waals surface area contributed by atoms with E-state index in [1.54, 1.807) is 0 Å². The monoisotopic (exact) mass is 142 g/mol. The molecular formula is C8H18N2. The number of rotatable bonds is 3. The van der Waals surface area contributed by atoms with Gasteiger partial charge in [0.15, 0.2) is 0 Å². The Morgan fingerprint density at radius 1 is 1.60 bits per heavy atom. The summed E-state index contributed by atoms with van der Waals surface area (Å²) in [6.07, 6.45) is 1.33. The number of nitrogens with zero attached hydrogens (tertiary/aromatic N) is 1. The van der Waals surface area contributed by atoms with Crippen LogP contribution in [0.15, 0.2) is 0 Å². The van der Waals surface area contributed by atoms with Gasteiger partial charge in [-0.05, 0) is 33.4 Å². The van der Waals surface area contributed by atoms with E-state index in [1.807, 2.05) is 7.05 Å². The van der Waals surface area contributed by atoms with Crippen LogP contribution in [0, 0.1) is 5.92 Å². The van der Waals surface area contributed by atoms with E-state index >= 15 is 0 Å². The third-order valence-corrected chi connectivity index (χ3v) is 2.32. The van der Waals surface area contributed by atoms with E-state index in [1.165, 1.54) is 19.5 Å². The lowest BCUT2D eigenvalue weighted by atomic mass is 9.94. The van der Waals surface area contributed by atoms with Crippen molar-refractivity contribution in [2.45, 2.75) is 19.4 Å². The summed E-state index contributed by atoms with van der Waals surface area (Å²) in [4.78, 5) is 2.37. The first-order valence-electron chi connectivity index (χ1n) is 4.08. The van der Waals surface area contributed by atoms with Crippen molar-refractivity contribution < 1.29 is 0 Å². The average molecular weight is 142 g/mol. The van der Waals surface area contributed by atoms with Crippen molar-refractivity contribution in [3.05, 3.63) is 0 Å². The molecule has 1 heterocycles. The average Bonchev–Trinajstić information content (AvgIpc) is 1.84. The van der Waals surface area contributed by atoms with Gasteiger partial charge in [0.25, 0.3) is 0 Å². The van der Waals surface area contributed by atoms with Crippen molar-refractivity contribution in [3.8, 4) is 0 Å². The highest BCUT2D eigenvalue weighted by atomic mass is 15.2. The minimum absolute atomic E-state index is 0.693. The van der Waals surface area contributed by atoms with Gasteiger partial charge in [0.2, 0.25) is 0 Å². The second-order valence-corrected chi connectivity index (χ2v) is 3.51. The van der Waals surface area contributed by atoms with Crippen molar-refractivity contribution in [3.63, 3.8) is 0 Å². The van der Waals surface area contributed by atoms with Crippen LogP contribution in [0.3, 0.4) is 0 Å². The maximum absolute atomic E-state index is 3.26. The standard InChI is InChI=1S/C8H18N2/c1-7(9-2)4-8-5-10(3)6-8/h7-9H,4-6H2,1-3H3. The van der Waals surface area contributed by atoms with Crippen LogP contribution < -0.4 is 5.32 Å². The number of hydrogen-bond donors (Lipinski definition) is 1. The first kappa shape index (κ1) is 8.02. The SMILES string of the molecule is CNC(C)CC1CN(C)C1. The van der Waals surface area contributed by atoms with Gasteiger partial charge in [0, 0.05) is 19.1 Å². The van der Waals surface area contributed by atoms with Crippen LogP contribution in [0.2, 0.25) is 0 Å². The van der Waals surface area contributed by atoms with Crippen molar-refractivity contribution in [2.24, 2.45) is 5.92 Å². The molecule has 0 saturated carbocycles. The minimum atomic E-state index is 0.693. The highest BCUT2D eigenvalue weighted by Gasteiger charge is 2.23. The predicted octanol–water partition coefficient (Wildman–Crippen LogP) is 0.546. The predicted molar refractivity (Wildman–Crippen MR) is 44.1 cm³/mol. The van der Waals surface area contributed by atoms with Gasteiger partial charge in [0.1, 0.15) is 0 Å². The van der Waals surface area contributed by atoms with Crippen molar-refractivity contribution >= 4 is 0 Å². The van der Waals surface area contributed by atoms with Crippen molar-refractivity contribution in [1.82, 2.24) is 10.2 Å². The minimum Gasteiger partial charge on any atom is -0.317 e. The number of likely N-dealkylation sites (tertiary alicyclic amines) is 1. The number of hydrogen-bond acceptors (Lipinski definition) is 2. The molecule has 0 aromatic heterocycles. The van der Waals surface area contributed by atoms with E-state index < -0.39 is 0 Å². The molecule has 1 unspecified atom stereocenters. The lowest BCUT2D eigenvalue weighted by Crippen LogP contribution is -2.46. The fourth-order valence-corrected chi connectivity index (χ4v) is 1.59. The van der Waals surface area contributed by atoms with Crippen LogP contribution in [0.25, 0.3) is 0 Å². The molecule has 1 saturated heterocycles. The first-order chi connectivity index (χ1) is 4.72. The Morgan fingerprint density at radius 2 is 2.20 bits per heavy atom. The zero-order chi connectivity index (χ0) is 7.56. The van der Waals surface area contributed by atoms with Crippen molar-refractivity contribution in [2.75, 3.05) is 27.2 Å². The summed E-state index contributed by atoms with van der Waals surface area (Å²) in [5.74, 6) is 0.951. The molecule has 1 rings (SSSR count). The molecule has 1 aliphatic heterocycles. The summed E-state index contributed by atoms with van der Waals surface area (Å²) in [6.45, 7) is 4.84. The fourth-order valence-electron chi connectivity index (χ4n) is 1.59. The molecular weight excluding hydrogens is 124 g/mol. The molecule has 1 aliphatic rings. The molecule has 0 aliphatic carbocycles. The Balaban J connectivity index is 2.04. The summed E-state index contributed by atoms with van der Waals surface area (Å²) in [7, 11) is 4.22. The van der Waals surface area contributed by atoms with Crippen LogP contribution in [0.5, 0.6) is 0 Å². The van der Waals surface area contributed by atoms with Crippen LogP contribution >= 0.6 is 0 Å². The molecule has 0 aromatic rings. The second kappa shape index (κ2) is 3.35. The molecule has 2 heteroatoms. The Hall–Kier alpha value is -0.0800. The molecule has 0 aromatic carbocycles. The van der Waals surface area contributed by atoms with E-state index in [-0.39, 0.29) is 0 Å². The van der Waals surface area contributed by atoms with E-state index in [0.717, 1.165) is 5.92 Å². The van der Waals surface area contributed by atoms with E-state index in [9.17, 15) is 0 Å². The molecule has 1 atom stereocenters. The molecule has 1 N–H and O–H groups in total. The van der Waals surface area contributed by atoms with Gasteiger partial charge in [0.05, 0.1) is 0 Å². The van der Waals surface area contributed by atoms with Crippen LogP contribution in [-0.4, -0.2) is 38.1 Å². The van der Waals surface area contributed by atoms with Gasteiger partial charge in [-0.2, -0.15) is 0 Å². The lowest BCUT2D eigenvalue weighted by Gasteiger charge is -2.37. The Kier molecular flexibility index (Phi) is 2.69. The van der Waals surface area contributed by atoms with Gasteiger partial charge in [-0.3, -0.25) is 0 Å². The second-order valence-electron chi connectivity index (χ2n) is 3.51. The van der Waals surface area contributed by atoms with Gasteiger partial charge in [-0.25, -0.2) is 0 Å². The van der Waals surface area contributed by atoms with E-state index in [4.69, 9.17) is 0 Å².